The van der Waals surface area contributed by atoms with E-state index in [2.05, 4.69) is 6.92 Å². The second-order valence-corrected chi connectivity index (χ2v) is 26.4. The van der Waals surface area contributed by atoms with Crippen LogP contribution in [0.2, 0.25) is 0 Å². The first kappa shape index (κ1) is 68.1. The van der Waals surface area contributed by atoms with Crippen molar-refractivity contribution in [3.63, 3.8) is 0 Å². The first-order chi connectivity index (χ1) is 41.2. The van der Waals surface area contributed by atoms with E-state index in [9.17, 15) is 91.6 Å². The fraction of sp³-hybridized carbons (Fsp3) is 0.947. The Labute approximate surface area is 501 Å². The molecule has 6 heterocycles. The van der Waals surface area contributed by atoms with Crippen LogP contribution in [0.15, 0.2) is 11.6 Å². The van der Waals surface area contributed by atoms with Crippen LogP contribution in [0.4, 0.5) is 0 Å². The fourth-order valence-corrected chi connectivity index (χ4v) is 16.2. The Morgan fingerprint density at radius 3 is 1.79 bits per heavy atom. The Bertz CT molecular complexity index is 2340. The van der Waals surface area contributed by atoms with Crippen LogP contribution in [-0.4, -0.2) is 311 Å². The van der Waals surface area contributed by atoms with Crippen LogP contribution >= 0.6 is 0 Å². The topological polar surface area (TPSA) is 472 Å². The summed E-state index contributed by atoms with van der Waals surface area (Å²) in [5.41, 5.74) is -0.516. The highest BCUT2D eigenvalue weighted by Crippen LogP contribution is 2.69. The number of ether oxygens (including phenoxy) is 12. The third kappa shape index (κ3) is 12.2. The number of fused-ring (bicyclic) bond motifs is 7. The molecule has 4 aliphatic carbocycles. The van der Waals surface area contributed by atoms with Crippen LogP contribution < -0.4 is 0 Å². The number of rotatable bonds is 19. The Kier molecular flexibility index (Phi) is 21.1. The summed E-state index contributed by atoms with van der Waals surface area (Å²) in [6, 6.07) is 0. The molecule has 10 aliphatic rings. The van der Waals surface area contributed by atoms with E-state index in [0.29, 0.717) is 32.1 Å². The number of hydrogen-bond donors (Lipinski definition) is 17. The number of aliphatic hydroxyl groups excluding tert-OH is 17. The average Bonchev–Trinajstić information content (AvgIpc) is 1.58. The molecule has 30 nitrogen and oxygen atoms in total. The second-order valence-electron chi connectivity index (χ2n) is 26.4. The minimum Gasteiger partial charge on any atom is -0.394 e. The third-order valence-corrected chi connectivity index (χ3v) is 21.4. The SMILES string of the molecule is COC1(CCC(C)COC2OC(CO)C(O)C(O)C2O)OC2CC3C4CCC5CC(OC6OC(CO)C(OC7OC(CO)C(O)C(OC8OCC(O)C(O)C8O)C7OC7OC(CO)C(O)C(O)C7O)C(O)C6O)C(O)CC5(C)C4=CC(=O)C3(C)C2C1C. The lowest BCUT2D eigenvalue weighted by atomic mass is 9.47. The zero-order valence-electron chi connectivity index (χ0n) is 49.2. The van der Waals surface area contributed by atoms with E-state index in [0.717, 1.165) is 5.57 Å². The van der Waals surface area contributed by atoms with Gasteiger partial charge in [-0.1, -0.05) is 33.3 Å². The molecule has 0 aromatic heterocycles. The van der Waals surface area contributed by atoms with Gasteiger partial charge in [0.2, 0.25) is 0 Å². The molecule has 9 fully saturated rings. The van der Waals surface area contributed by atoms with Gasteiger partial charge in [0.1, 0.15) is 116 Å². The smallest absolute Gasteiger partial charge is 0.187 e. The molecule has 0 spiro atoms. The van der Waals surface area contributed by atoms with Crippen molar-refractivity contribution in [1.29, 1.82) is 0 Å². The molecule has 36 unspecified atom stereocenters. The number of carbonyl (C=O) groups is 1. The Balaban J connectivity index is 0.798. The van der Waals surface area contributed by atoms with Crippen LogP contribution in [-0.2, 0) is 61.6 Å². The van der Waals surface area contributed by atoms with Crippen molar-refractivity contribution in [2.24, 2.45) is 46.3 Å². The van der Waals surface area contributed by atoms with Crippen LogP contribution in [0.1, 0.15) is 72.6 Å². The van der Waals surface area contributed by atoms with E-state index in [1.165, 1.54) is 0 Å². The highest BCUT2D eigenvalue weighted by Gasteiger charge is 2.71. The molecule has 6 saturated heterocycles. The summed E-state index contributed by atoms with van der Waals surface area (Å²) in [5.74, 6) is -1.81. The molecule has 87 heavy (non-hydrogen) atoms. The molecule has 17 N–H and O–H groups in total. The standard InChI is InChI=1S/C57H92O30/c1-20(18-77-50-44(73)40(69)37(66)30(14-58)80-50)8-9-57(76-5)21(2)35-29(87-57)11-25-23-7-6-22-10-28(26(62)13-55(22,3)24(23)12-34(64)56(25,35)4)79-52-46(75)42(71)47(33(17-61)83-52)84-54-49(86-53-45(74)41(70)38(67)31(15-59)81-53)48(39(68)32(16-60)82-54)85-51-43(72)36(65)27(63)19-78-51/h12,20-23,25-33,35-54,58-63,65-75H,6-11,13-19H2,1-5H3. The summed E-state index contributed by atoms with van der Waals surface area (Å²) >= 11 is 0. The predicted octanol–water partition coefficient (Wildman–Crippen LogP) is -6.77. The molecule has 0 amide bonds. The van der Waals surface area contributed by atoms with Crippen molar-refractivity contribution in [2.45, 2.75) is 244 Å². The molecule has 6 aliphatic heterocycles. The predicted molar refractivity (Wildman–Crippen MR) is 285 cm³/mol. The monoisotopic (exact) mass is 1260 g/mol. The second kappa shape index (κ2) is 26.9. The maximum Gasteiger partial charge on any atom is 0.187 e. The molecule has 500 valence electrons. The summed E-state index contributed by atoms with van der Waals surface area (Å²) in [6.45, 7) is 4.32. The third-order valence-electron chi connectivity index (χ3n) is 21.4. The minimum absolute atomic E-state index is 0.0142. The van der Waals surface area contributed by atoms with Gasteiger partial charge in [0.25, 0.3) is 0 Å². The van der Waals surface area contributed by atoms with Crippen molar-refractivity contribution in [1.82, 2.24) is 0 Å². The zero-order chi connectivity index (χ0) is 63.1. The molecule has 3 saturated carbocycles. The molecule has 0 aromatic carbocycles. The Morgan fingerprint density at radius 2 is 1.15 bits per heavy atom. The van der Waals surface area contributed by atoms with Gasteiger partial charge in [-0.3, -0.25) is 4.79 Å². The first-order valence-electron chi connectivity index (χ1n) is 30.5. The van der Waals surface area contributed by atoms with Crippen molar-refractivity contribution in [2.75, 3.05) is 46.8 Å². The lowest BCUT2D eigenvalue weighted by molar-refractivity contribution is -0.404. The minimum atomic E-state index is -2.06. The number of allylic oxidation sites excluding steroid dienone is 2. The molecule has 36 atom stereocenters. The molecule has 0 bridgehead atoms. The Morgan fingerprint density at radius 1 is 0.598 bits per heavy atom. The van der Waals surface area contributed by atoms with Crippen LogP contribution in [0.25, 0.3) is 0 Å². The summed E-state index contributed by atoms with van der Waals surface area (Å²) < 4.78 is 72.0. The number of ketones is 1. The highest BCUT2D eigenvalue weighted by molar-refractivity contribution is 5.97. The largest absolute Gasteiger partial charge is 0.394 e. The van der Waals surface area contributed by atoms with Crippen LogP contribution in [0.5, 0.6) is 0 Å². The van der Waals surface area contributed by atoms with Gasteiger partial charge in [-0.05, 0) is 73.7 Å². The molecular formula is C57H92O30. The van der Waals surface area contributed by atoms with Gasteiger partial charge >= 0.3 is 0 Å². The summed E-state index contributed by atoms with van der Waals surface area (Å²) in [6.07, 6.45) is -39.2. The van der Waals surface area contributed by atoms with E-state index in [1.807, 2.05) is 20.8 Å². The lowest BCUT2D eigenvalue weighted by Crippen LogP contribution is -2.68. The lowest BCUT2D eigenvalue weighted by Gasteiger charge is -2.57. The molecule has 30 heteroatoms. The average molecular weight is 1260 g/mol. The summed E-state index contributed by atoms with van der Waals surface area (Å²) in [7, 11) is 1.60. The molecule has 0 radical (unpaired) electrons. The maximum absolute atomic E-state index is 14.9. The maximum atomic E-state index is 14.9. The summed E-state index contributed by atoms with van der Waals surface area (Å²) in [4.78, 5) is 14.9. The summed E-state index contributed by atoms with van der Waals surface area (Å²) in [5, 5.41) is 182. The van der Waals surface area contributed by atoms with E-state index in [4.69, 9.17) is 56.8 Å². The molecule has 0 aromatic rings. The van der Waals surface area contributed by atoms with Crippen LogP contribution in [0, 0.1) is 46.3 Å². The normalized spacial score (nSPS) is 53.9. The van der Waals surface area contributed by atoms with Crippen molar-refractivity contribution < 1.29 is 148 Å². The number of hydrogen-bond acceptors (Lipinski definition) is 30. The van der Waals surface area contributed by atoms with Gasteiger partial charge in [-0.15, -0.1) is 0 Å². The Hall–Kier alpha value is -1.75. The van der Waals surface area contributed by atoms with Gasteiger partial charge in [0.15, 0.2) is 43.0 Å². The van der Waals surface area contributed by atoms with E-state index in [-0.39, 0.29) is 66.8 Å². The van der Waals surface area contributed by atoms with Gasteiger partial charge < -0.3 is 144 Å². The van der Waals surface area contributed by atoms with Gasteiger partial charge in [-0.2, -0.15) is 0 Å². The van der Waals surface area contributed by atoms with Crippen molar-refractivity contribution >= 4 is 5.78 Å². The zero-order valence-corrected chi connectivity index (χ0v) is 49.2. The number of methoxy groups -OCH3 is 1. The van der Waals surface area contributed by atoms with Gasteiger partial charge in [-0.25, -0.2) is 0 Å². The van der Waals surface area contributed by atoms with Gasteiger partial charge in [0, 0.05) is 30.8 Å². The van der Waals surface area contributed by atoms with E-state index in [1.54, 1.807) is 13.2 Å². The number of aliphatic hydroxyl groups is 17. The van der Waals surface area contributed by atoms with Crippen LogP contribution in [0.3, 0.4) is 0 Å². The molecule has 10 rings (SSSR count). The number of carbonyl (C=O) groups excluding carboxylic acids is 1. The van der Waals surface area contributed by atoms with Crippen molar-refractivity contribution in [3.8, 4) is 0 Å². The first-order valence-corrected chi connectivity index (χ1v) is 30.5. The molecular weight excluding hydrogens is 1160 g/mol. The quantitative estimate of drug-likeness (QED) is 0.0535. The van der Waals surface area contributed by atoms with E-state index >= 15 is 0 Å². The highest BCUT2D eigenvalue weighted by atomic mass is 16.8. The van der Waals surface area contributed by atoms with Gasteiger partial charge in [0.05, 0.1) is 58.0 Å². The van der Waals surface area contributed by atoms with E-state index < -0.39 is 209 Å². The fourth-order valence-electron chi connectivity index (χ4n) is 16.2. The van der Waals surface area contributed by atoms with Crippen molar-refractivity contribution in [3.05, 3.63) is 11.6 Å².